The molecule has 0 N–H and O–H groups in total. The number of rotatable bonds is 16. The minimum atomic E-state index is -0.842. The number of likely N-dealkylation sites (tertiary alicyclic amines) is 2. The van der Waals surface area contributed by atoms with Crippen molar-refractivity contribution in [3.63, 3.8) is 0 Å². The van der Waals surface area contributed by atoms with Gasteiger partial charge in [-0.2, -0.15) is 0 Å². The van der Waals surface area contributed by atoms with Crippen molar-refractivity contribution in [3.8, 4) is 11.5 Å². The molecule has 2 saturated heterocycles. The first-order valence-electron chi connectivity index (χ1n) is 23.7. The van der Waals surface area contributed by atoms with Gasteiger partial charge in [0, 0.05) is 24.9 Å². The molecule has 11 nitrogen and oxygen atoms in total. The number of ketones is 1. The van der Waals surface area contributed by atoms with Crippen LogP contribution in [0.15, 0.2) is 130 Å². The van der Waals surface area contributed by atoms with Gasteiger partial charge in [0.25, 0.3) is 0 Å². The van der Waals surface area contributed by atoms with Crippen molar-refractivity contribution in [2.75, 3.05) is 39.4 Å². The van der Waals surface area contributed by atoms with Crippen LogP contribution in [0.1, 0.15) is 124 Å². The molecule has 4 atom stereocenters. The van der Waals surface area contributed by atoms with Gasteiger partial charge in [0.1, 0.15) is 11.5 Å². The summed E-state index contributed by atoms with van der Waals surface area (Å²) in [4.78, 5) is 20.7. The Bertz CT molecular complexity index is 2230. The number of hydrogen-bond donors (Lipinski definition) is 0. The van der Waals surface area contributed by atoms with Gasteiger partial charge in [-0.15, -0.1) is 20.4 Å². The van der Waals surface area contributed by atoms with Gasteiger partial charge in [0.15, 0.2) is 17.9 Å². The molecule has 2 aliphatic heterocycles. The molecular weight excluding hydrogens is 801 g/mol. The van der Waals surface area contributed by atoms with E-state index >= 15 is 4.79 Å². The van der Waals surface area contributed by atoms with Gasteiger partial charge < -0.3 is 18.3 Å². The highest BCUT2D eigenvalue weighted by Gasteiger charge is 2.49. The highest BCUT2D eigenvalue weighted by molar-refractivity contribution is 5.89. The van der Waals surface area contributed by atoms with E-state index in [1.807, 2.05) is 72.8 Å². The summed E-state index contributed by atoms with van der Waals surface area (Å²) < 4.78 is 26.6. The predicted molar refractivity (Wildman–Crippen MR) is 243 cm³/mol. The number of benzene rings is 4. The van der Waals surface area contributed by atoms with E-state index in [1.54, 1.807) is 0 Å². The van der Waals surface area contributed by atoms with Crippen LogP contribution in [0, 0.1) is 11.8 Å². The summed E-state index contributed by atoms with van der Waals surface area (Å²) >= 11 is 0. The fourth-order valence-corrected chi connectivity index (χ4v) is 11.3. The Morgan fingerprint density at radius 3 is 1.30 bits per heavy atom. The maximum absolute atomic E-state index is 16.2. The van der Waals surface area contributed by atoms with Gasteiger partial charge in [0.05, 0.1) is 24.0 Å². The minimum Gasteiger partial charge on any atom is -0.493 e. The molecular formula is C53H60N6O5. The van der Waals surface area contributed by atoms with Gasteiger partial charge >= 0.3 is 0 Å². The van der Waals surface area contributed by atoms with E-state index in [1.165, 1.54) is 11.1 Å². The lowest BCUT2D eigenvalue weighted by Gasteiger charge is -2.40. The number of piperidine rings is 2. The van der Waals surface area contributed by atoms with Crippen LogP contribution in [-0.2, 0) is 15.6 Å². The minimum absolute atomic E-state index is 0.0833. The van der Waals surface area contributed by atoms with Crippen molar-refractivity contribution in [2.24, 2.45) is 11.8 Å². The van der Waals surface area contributed by atoms with Crippen LogP contribution >= 0.6 is 0 Å². The summed E-state index contributed by atoms with van der Waals surface area (Å²) in [7, 11) is 0. The van der Waals surface area contributed by atoms with E-state index in [2.05, 4.69) is 58.3 Å². The van der Waals surface area contributed by atoms with Gasteiger partial charge in [-0.3, -0.25) is 14.6 Å². The molecule has 4 aromatic carbocycles. The molecule has 64 heavy (non-hydrogen) atoms. The summed E-state index contributed by atoms with van der Waals surface area (Å²) in [5.41, 5.74) is 1.55. The summed E-state index contributed by atoms with van der Waals surface area (Å²) in [6.07, 6.45) is 11.7. The Morgan fingerprint density at radius 1 is 0.531 bits per heavy atom. The first-order valence-corrected chi connectivity index (χ1v) is 23.7. The average molecular weight is 861 g/mol. The largest absolute Gasteiger partial charge is 0.493 e. The van der Waals surface area contributed by atoms with Gasteiger partial charge in [0.2, 0.25) is 23.6 Å². The van der Waals surface area contributed by atoms with Crippen molar-refractivity contribution in [3.05, 3.63) is 156 Å². The Morgan fingerprint density at radius 2 is 0.906 bits per heavy atom. The predicted octanol–water partition coefficient (Wildman–Crippen LogP) is 10.1. The lowest BCUT2D eigenvalue weighted by molar-refractivity contribution is -0.134. The number of Topliss-reactive ketones (excluding diaryl/α,β-unsaturated/α-hetero) is 1. The number of hydrogen-bond acceptors (Lipinski definition) is 11. The average Bonchev–Trinajstić information content (AvgIpc) is 4.21. The third-order valence-electron chi connectivity index (χ3n) is 14.6. The van der Waals surface area contributed by atoms with E-state index in [0.717, 1.165) is 88.5 Å². The summed E-state index contributed by atoms with van der Waals surface area (Å²) in [5, 5.41) is 19.4. The molecule has 4 fully saturated rings. The standard InChI is InChI=1S/C53H60N6O5/c60-47(45(58-33-17-19-39(35-58)37-61-43-25-9-3-10-26-43)48-54-56-50(63-48)52(29-13-14-30-52)41-21-5-1-6-22-41)46(59-34-18-20-40(36-59)38-62-44-27-11-4-12-28-44)49-55-57-51(64-49)53(31-15-16-32-53)42-23-7-2-8-24-42/h1-12,21-28,39-40,45-46H,13-20,29-38H2. The van der Waals surface area contributed by atoms with E-state index < -0.39 is 22.9 Å². The van der Waals surface area contributed by atoms with Crippen LogP contribution in [0.25, 0.3) is 0 Å². The second-order valence-electron chi connectivity index (χ2n) is 18.7. The zero-order valence-electron chi connectivity index (χ0n) is 36.8. The fourth-order valence-electron chi connectivity index (χ4n) is 11.3. The molecule has 4 aliphatic rings. The lowest BCUT2D eigenvalue weighted by Crippen LogP contribution is -2.49. The highest BCUT2D eigenvalue weighted by Crippen LogP contribution is 2.48. The molecule has 0 amide bonds. The first kappa shape index (κ1) is 42.3. The molecule has 6 aromatic rings. The number of aromatic nitrogens is 4. The molecule has 4 heterocycles. The van der Waals surface area contributed by atoms with Crippen LogP contribution in [-0.4, -0.2) is 75.4 Å². The van der Waals surface area contributed by atoms with Crippen LogP contribution < -0.4 is 9.47 Å². The summed E-state index contributed by atoms with van der Waals surface area (Å²) in [6.45, 7) is 3.76. The number of para-hydroxylation sites is 2. The van der Waals surface area contributed by atoms with E-state index in [-0.39, 0.29) is 17.6 Å². The SMILES string of the molecule is O=C(C(c1nnc(C2(c3ccccc3)CCCC2)o1)N1CCCC(COc2ccccc2)C1)C(c1nnc(C2(c3ccccc3)CCCC2)o1)N1CCCC(COc2ccccc2)C1. The molecule has 332 valence electrons. The Hall–Kier alpha value is -5.65. The second kappa shape index (κ2) is 19.2. The fraction of sp³-hybridized carbons (Fsp3) is 0.453. The number of carbonyl (C=O) groups excluding carboxylic acids is 1. The van der Waals surface area contributed by atoms with Gasteiger partial charge in [-0.25, -0.2) is 0 Å². The quantitative estimate of drug-likeness (QED) is 0.0925. The first-order chi connectivity index (χ1) is 31.6. The zero-order chi connectivity index (χ0) is 43.2. The van der Waals surface area contributed by atoms with Gasteiger partial charge in [-0.05, 0) is 99.8 Å². The number of ether oxygens (including phenoxy) is 2. The third kappa shape index (κ3) is 8.76. The normalized spacial score (nSPS) is 22.2. The van der Waals surface area contributed by atoms with E-state index in [4.69, 9.17) is 38.7 Å². The zero-order valence-corrected chi connectivity index (χ0v) is 36.8. The Balaban J connectivity index is 1.03. The van der Waals surface area contributed by atoms with Crippen LogP contribution in [0.5, 0.6) is 11.5 Å². The smallest absolute Gasteiger partial charge is 0.241 e. The highest BCUT2D eigenvalue weighted by atomic mass is 16.5. The number of nitrogens with zero attached hydrogens (tertiary/aromatic N) is 6. The maximum atomic E-state index is 16.2. The lowest BCUT2D eigenvalue weighted by atomic mass is 9.79. The maximum Gasteiger partial charge on any atom is 0.241 e. The van der Waals surface area contributed by atoms with Crippen molar-refractivity contribution >= 4 is 5.78 Å². The second-order valence-corrected chi connectivity index (χ2v) is 18.7. The topological polar surface area (TPSA) is 120 Å². The summed E-state index contributed by atoms with van der Waals surface area (Å²) in [6, 6.07) is 39.4. The molecule has 0 bridgehead atoms. The molecule has 4 unspecified atom stereocenters. The Kier molecular flexibility index (Phi) is 12.7. The Labute approximate surface area is 376 Å². The van der Waals surface area contributed by atoms with Crippen molar-refractivity contribution in [1.29, 1.82) is 0 Å². The van der Waals surface area contributed by atoms with Gasteiger partial charge in [-0.1, -0.05) is 123 Å². The molecule has 0 spiro atoms. The third-order valence-corrected chi connectivity index (χ3v) is 14.6. The molecule has 2 aromatic heterocycles. The van der Waals surface area contributed by atoms with Crippen LogP contribution in [0.4, 0.5) is 0 Å². The van der Waals surface area contributed by atoms with E-state index in [9.17, 15) is 0 Å². The van der Waals surface area contributed by atoms with Crippen molar-refractivity contribution in [1.82, 2.24) is 30.2 Å². The van der Waals surface area contributed by atoms with Crippen LogP contribution in [0.3, 0.4) is 0 Å². The molecule has 2 aliphatic carbocycles. The summed E-state index contributed by atoms with van der Waals surface area (Å²) in [5.74, 6) is 3.81. The molecule has 11 heteroatoms. The van der Waals surface area contributed by atoms with Crippen molar-refractivity contribution < 1.29 is 23.1 Å². The van der Waals surface area contributed by atoms with Crippen LogP contribution in [0.2, 0.25) is 0 Å². The molecule has 0 radical (unpaired) electrons. The van der Waals surface area contributed by atoms with Crippen molar-refractivity contribution in [2.45, 2.75) is 100.0 Å². The molecule has 2 saturated carbocycles. The van der Waals surface area contributed by atoms with E-state index in [0.29, 0.717) is 63.0 Å². The molecule has 10 rings (SSSR count). The monoisotopic (exact) mass is 860 g/mol. The number of carbonyl (C=O) groups is 1.